The lowest BCUT2D eigenvalue weighted by Gasteiger charge is -2.07. The first-order chi connectivity index (χ1) is 8.76. The van der Waals surface area contributed by atoms with Crippen molar-refractivity contribution in [3.63, 3.8) is 0 Å². The molecule has 0 bridgehead atoms. The molecule has 0 atom stereocenters. The van der Waals surface area contributed by atoms with E-state index in [0.717, 1.165) is 0 Å². The summed E-state index contributed by atoms with van der Waals surface area (Å²) in [5, 5.41) is 0.122. The fraction of sp³-hybridized carbons (Fsp3) is 0.167. The highest BCUT2D eigenvalue weighted by Gasteiger charge is 2.12. The van der Waals surface area contributed by atoms with Crippen molar-refractivity contribution in [3.8, 4) is 17.0 Å². The van der Waals surface area contributed by atoms with Crippen molar-refractivity contribution in [2.75, 3.05) is 6.61 Å². The van der Waals surface area contributed by atoms with Crippen molar-refractivity contribution < 1.29 is 9.53 Å². The molecule has 0 unspecified atom stereocenters. The molecule has 0 fully saturated rings. The van der Waals surface area contributed by atoms with Crippen LogP contribution in [0.25, 0.3) is 11.3 Å². The summed E-state index contributed by atoms with van der Waals surface area (Å²) in [6, 6.07) is 1.75. The summed E-state index contributed by atoms with van der Waals surface area (Å²) in [5.41, 5.74) is 1.35. The molecule has 5 nitrogen and oxygen atoms in total. The van der Waals surface area contributed by atoms with Crippen LogP contribution in [0.1, 0.15) is 17.3 Å². The Balaban J connectivity index is 2.51. The summed E-state index contributed by atoms with van der Waals surface area (Å²) in [5.74, 6) is 0.613. The average molecular weight is 264 g/mol. The number of hydrogen-bond acceptors (Lipinski definition) is 5. The fourth-order valence-corrected chi connectivity index (χ4v) is 1.68. The van der Waals surface area contributed by atoms with Crippen LogP contribution < -0.4 is 4.74 Å². The van der Waals surface area contributed by atoms with Crippen molar-refractivity contribution in [3.05, 3.63) is 35.5 Å². The number of carbonyl (C=O) groups excluding carboxylic acids is 1. The number of nitrogens with zero attached hydrogens (tertiary/aromatic N) is 3. The maximum absolute atomic E-state index is 11.0. The molecule has 0 aromatic carbocycles. The third kappa shape index (κ3) is 2.46. The predicted octanol–water partition coefficient (Wildman–Crippen LogP) is 2.40. The molecular formula is C12H10ClN3O2. The first-order valence-electron chi connectivity index (χ1n) is 5.30. The predicted molar refractivity (Wildman–Crippen MR) is 66.8 cm³/mol. The van der Waals surface area contributed by atoms with Gasteiger partial charge in [0.1, 0.15) is 17.2 Å². The molecule has 18 heavy (non-hydrogen) atoms. The highest BCUT2D eigenvalue weighted by molar-refractivity contribution is 6.32. The van der Waals surface area contributed by atoms with Gasteiger partial charge in [-0.15, -0.1) is 0 Å². The van der Waals surface area contributed by atoms with Crippen LogP contribution in [0.3, 0.4) is 0 Å². The van der Waals surface area contributed by atoms with Crippen molar-refractivity contribution in [2.24, 2.45) is 0 Å². The van der Waals surface area contributed by atoms with Gasteiger partial charge in [0.2, 0.25) is 0 Å². The van der Waals surface area contributed by atoms with E-state index in [2.05, 4.69) is 15.0 Å². The van der Waals surface area contributed by atoms with Gasteiger partial charge in [-0.05, 0) is 13.0 Å². The second-order valence-corrected chi connectivity index (χ2v) is 3.74. The smallest absolute Gasteiger partial charge is 0.155 e. The number of rotatable bonds is 4. The number of aromatic nitrogens is 3. The van der Waals surface area contributed by atoms with Crippen molar-refractivity contribution in [1.29, 1.82) is 0 Å². The third-order valence-corrected chi connectivity index (χ3v) is 2.55. The SMILES string of the molecule is CCOc1cncc(-c2ncnc(Cl)c2C=O)c1. The molecule has 2 heterocycles. The van der Waals surface area contributed by atoms with Gasteiger partial charge in [-0.3, -0.25) is 9.78 Å². The molecule has 92 valence electrons. The standard InChI is InChI=1S/C12H10ClN3O2/c1-2-18-9-3-8(4-14-5-9)11-10(6-17)12(13)16-7-15-11/h3-7H,2H2,1H3. The van der Waals surface area contributed by atoms with E-state index >= 15 is 0 Å². The maximum Gasteiger partial charge on any atom is 0.155 e. The van der Waals surface area contributed by atoms with Crippen LogP contribution >= 0.6 is 11.6 Å². The number of carbonyl (C=O) groups is 1. The van der Waals surface area contributed by atoms with Crippen molar-refractivity contribution in [2.45, 2.75) is 6.92 Å². The molecule has 0 spiro atoms. The molecule has 0 N–H and O–H groups in total. The fourth-order valence-electron chi connectivity index (χ4n) is 1.50. The van der Waals surface area contributed by atoms with Gasteiger partial charge >= 0.3 is 0 Å². The Morgan fingerprint density at radius 3 is 2.94 bits per heavy atom. The quantitative estimate of drug-likeness (QED) is 0.626. The van der Waals surface area contributed by atoms with Gasteiger partial charge in [0.25, 0.3) is 0 Å². The minimum absolute atomic E-state index is 0.122. The lowest BCUT2D eigenvalue weighted by atomic mass is 10.1. The molecule has 0 aliphatic heterocycles. The van der Waals surface area contributed by atoms with Crippen LogP contribution in [0.4, 0.5) is 0 Å². The second kappa shape index (κ2) is 5.55. The van der Waals surface area contributed by atoms with E-state index in [-0.39, 0.29) is 10.7 Å². The lowest BCUT2D eigenvalue weighted by molar-refractivity contribution is 0.112. The number of pyridine rings is 1. The Morgan fingerprint density at radius 1 is 1.39 bits per heavy atom. The zero-order valence-corrected chi connectivity index (χ0v) is 10.4. The van der Waals surface area contributed by atoms with Crippen molar-refractivity contribution >= 4 is 17.9 Å². The number of halogens is 1. The second-order valence-electron chi connectivity index (χ2n) is 3.39. The van der Waals surface area contributed by atoms with Crippen LogP contribution in [-0.4, -0.2) is 27.8 Å². The van der Waals surface area contributed by atoms with Crippen LogP contribution in [0.5, 0.6) is 5.75 Å². The Bertz CT molecular complexity index is 575. The Labute approximate surface area is 109 Å². The molecule has 2 aromatic rings. The number of aldehydes is 1. The average Bonchev–Trinajstić information content (AvgIpc) is 2.39. The highest BCUT2D eigenvalue weighted by Crippen LogP contribution is 2.25. The molecule has 0 radical (unpaired) electrons. The molecular weight excluding hydrogens is 254 g/mol. The lowest BCUT2D eigenvalue weighted by Crippen LogP contribution is -1.97. The molecule has 6 heteroatoms. The van der Waals surface area contributed by atoms with Crippen LogP contribution in [0.2, 0.25) is 5.15 Å². The maximum atomic E-state index is 11.0. The Kier molecular flexibility index (Phi) is 3.84. The van der Waals surface area contributed by atoms with Gasteiger partial charge in [-0.2, -0.15) is 0 Å². The van der Waals surface area contributed by atoms with E-state index in [9.17, 15) is 4.79 Å². The molecule has 2 rings (SSSR count). The summed E-state index contributed by atoms with van der Waals surface area (Å²) in [4.78, 5) is 22.9. The molecule has 2 aromatic heterocycles. The van der Waals surface area contributed by atoms with E-state index in [4.69, 9.17) is 16.3 Å². The van der Waals surface area contributed by atoms with Gasteiger partial charge in [-0.1, -0.05) is 11.6 Å². The van der Waals surface area contributed by atoms with E-state index in [1.165, 1.54) is 6.33 Å². The highest BCUT2D eigenvalue weighted by atomic mass is 35.5. The van der Waals surface area contributed by atoms with Gasteiger partial charge in [-0.25, -0.2) is 9.97 Å². The minimum atomic E-state index is 0.122. The molecule has 0 saturated heterocycles. The summed E-state index contributed by atoms with van der Waals surface area (Å²) in [6.07, 6.45) is 5.12. The van der Waals surface area contributed by atoms with Gasteiger partial charge < -0.3 is 4.74 Å². The molecule has 0 amide bonds. The van der Waals surface area contributed by atoms with Crippen LogP contribution in [0, 0.1) is 0 Å². The number of ether oxygens (including phenoxy) is 1. The van der Waals surface area contributed by atoms with Crippen molar-refractivity contribution in [1.82, 2.24) is 15.0 Å². The first kappa shape index (κ1) is 12.4. The summed E-state index contributed by atoms with van der Waals surface area (Å²) >= 11 is 5.85. The normalized spacial score (nSPS) is 10.1. The van der Waals surface area contributed by atoms with Gasteiger partial charge in [0, 0.05) is 11.8 Å². The third-order valence-electron chi connectivity index (χ3n) is 2.25. The summed E-state index contributed by atoms with van der Waals surface area (Å²) < 4.78 is 5.34. The molecule has 0 aliphatic rings. The first-order valence-corrected chi connectivity index (χ1v) is 5.68. The van der Waals surface area contributed by atoms with Crippen LogP contribution in [-0.2, 0) is 0 Å². The van der Waals surface area contributed by atoms with E-state index < -0.39 is 0 Å². The zero-order valence-electron chi connectivity index (χ0n) is 9.63. The van der Waals surface area contributed by atoms with E-state index in [1.807, 2.05) is 6.92 Å². The van der Waals surface area contributed by atoms with Gasteiger partial charge in [0.15, 0.2) is 6.29 Å². The Hall–Kier alpha value is -2.01. The summed E-state index contributed by atoms with van der Waals surface area (Å²) in [7, 11) is 0. The van der Waals surface area contributed by atoms with E-state index in [1.54, 1.807) is 18.5 Å². The molecule has 0 aliphatic carbocycles. The largest absolute Gasteiger partial charge is 0.492 e. The molecule has 0 saturated carbocycles. The minimum Gasteiger partial charge on any atom is -0.492 e. The Morgan fingerprint density at radius 2 is 2.22 bits per heavy atom. The number of hydrogen-bond donors (Lipinski definition) is 0. The van der Waals surface area contributed by atoms with Crippen LogP contribution in [0.15, 0.2) is 24.8 Å². The van der Waals surface area contributed by atoms with E-state index in [0.29, 0.717) is 29.9 Å². The van der Waals surface area contributed by atoms with Gasteiger partial charge in [0.05, 0.1) is 24.1 Å². The topological polar surface area (TPSA) is 65.0 Å². The summed E-state index contributed by atoms with van der Waals surface area (Å²) in [6.45, 7) is 2.42. The zero-order chi connectivity index (χ0) is 13.0. The monoisotopic (exact) mass is 263 g/mol.